The van der Waals surface area contributed by atoms with Crippen molar-refractivity contribution in [1.82, 2.24) is 24.5 Å². The van der Waals surface area contributed by atoms with Crippen LogP contribution >= 0.6 is 23.2 Å². The van der Waals surface area contributed by atoms with Crippen molar-refractivity contribution >= 4 is 52.9 Å². The first-order valence-electron chi connectivity index (χ1n) is 21.6. The lowest BCUT2D eigenvalue weighted by molar-refractivity contribution is -0.135. The molecule has 3 saturated heterocycles. The minimum absolute atomic E-state index is 0.0641. The van der Waals surface area contributed by atoms with E-state index in [4.69, 9.17) is 46.9 Å². The van der Waals surface area contributed by atoms with E-state index in [1.54, 1.807) is 17.0 Å². The summed E-state index contributed by atoms with van der Waals surface area (Å²) in [5, 5.41) is 10.8. The molecule has 4 aromatic carbocycles. The number of carboxylic acid groups (broad SMARTS) is 1. The Balaban J connectivity index is 0.000000219. The molecule has 0 aromatic heterocycles. The quantitative estimate of drug-likeness (QED) is 0.154. The minimum atomic E-state index is -0.984. The van der Waals surface area contributed by atoms with Gasteiger partial charge in [-0.3, -0.25) is 24.3 Å². The number of hydrogen-bond donors (Lipinski definition) is 1. The smallest absolute Gasteiger partial charge is 0.338 e. The summed E-state index contributed by atoms with van der Waals surface area (Å²) < 4.78 is 26.3. The molecule has 3 heterocycles. The van der Waals surface area contributed by atoms with Crippen LogP contribution in [0.3, 0.4) is 0 Å². The Morgan fingerprint density at radius 2 is 1.00 bits per heavy atom. The van der Waals surface area contributed by atoms with E-state index in [0.717, 1.165) is 62.9 Å². The van der Waals surface area contributed by atoms with Crippen molar-refractivity contribution in [3.8, 4) is 11.5 Å². The van der Waals surface area contributed by atoms with Crippen LogP contribution in [-0.2, 0) is 43.4 Å². The summed E-state index contributed by atoms with van der Waals surface area (Å²) >= 11 is 11.9. The maximum absolute atomic E-state index is 12.8. The standard InChI is InChI=1S/C25H30ClN3O5.C23H25ClN2O6/c26-22-4-1-19(2-5-22)16-27-7-9-29(10-8-27)24(30)18-34-23-6-3-20(25(31)32)15-21(23)17-28-11-13-33-14-12-28;1-30-22(28)17-11-18(23(29)31-2)13-20(12-17)32-15-21(27)26-9-7-25(8-10-26)14-16-3-5-19(24)6-4-16/h1-6,15H,7-14,16-18H2,(H,31,32);3-6,11-13H,7-10,14-15H2,1-2H3. The van der Waals surface area contributed by atoms with Gasteiger partial charge < -0.3 is 38.6 Å². The lowest BCUT2D eigenvalue weighted by Gasteiger charge is -2.34. The molecule has 0 atom stereocenters. The largest absolute Gasteiger partial charge is 0.484 e. The molecule has 0 aliphatic carbocycles. The second kappa shape index (κ2) is 24.7. The van der Waals surface area contributed by atoms with Gasteiger partial charge in [-0.25, -0.2) is 14.4 Å². The van der Waals surface area contributed by atoms with E-state index in [2.05, 4.69) is 14.7 Å². The number of methoxy groups -OCH3 is 2. The number of carbonyl (C=O) groups excluding carboxylic acids is 4. The number of aromatic carboxylic acids is 1. The number of halogens is 2. The average Bonchev–Trinajstić information content (AvgIpc) is 3.34. The third-order valence-electron chi connectivity index (χ3n) is 11.4. The number of amides is 2. The molecule has 0 radical (unpaired) electrons. The van der Waals surface area contributed by atoms with Gasteiger partial charge in [-0.2, -0.15) is 0 Å². The Kier molecular flexibility index (Phi) is 18.6. The third kappa shape index (κ3) is 14.9. The maximum atomic E-state index is 12.8. The highest BCUT2D eigenvalue weighted by atomic mass is 35.5. The lowest BCUT2D eigenvalue weighted by Crippen LogP contribution is -2.49. The molecule has 0 unspecified atom stereocenters. The van der Waals surface area contributed by atoms with Crippen LogP contribution in [0, 0.1) is 0 Å². The van der Waals surface area contributed by atoms with E-state index in [1.807, 2.05) is 53.4 Å². The Morgan fingerprint density at radius 1 is 0.545 bits per heavy atom. The van der Waals surface area contributed by atoms with Crippen LogP contribution in [0.25, 0.3) is 0 Å². The summed E-state index contributed by atoms with van der Waals surface area (Å²) in [6.07, 6.45) is 0. The molecule has 66 heavy (non-hydrogen) atoms. The number of morpholine rings is 1. The Bertz CT molecular complexity index is 2240. The van der Waals surface area contributed by atoms with Gasteiger partial charge in [0.15, 0.2) is 13.2 Å². The minimum Gasteiger partial charge on any atom is -0.484 e. The summed E-state index contributed by atoms with van der Waals surface area (Å²) in [7, 11) is 2.48. The van der Waals surface area contributed by atoms with E-state index < -0.39 is 17.9 Å². The van der Waals surface area contributed by atoms with E-state index in [-0.39, 0.29) is 47.5 Å². The molecule has 18 heteroatoms. The first-order chi connectivity index (χ1) is 31.9. The number of piperazine rings is 2. The van der Waals surface area contributed by atoms with Crippen LogP contribution in [0.5, 0.6) is 11.5 Å². The first-order valence-corrected chi connectivity index (χ1v) is 22.4. The second-order valence-electron chi connectivity index (χ2n) is 15.9. The molecular weight excluding hydrogens is 893 g/mol. The molecule has 4 aromatic rings. The molecule has 352 valence electrons. The van der Waals surface area contributed by atoms with Crippen LogP contribution in [0.4, 0.5) is 0 Å². The number of nitrogens with zero attached hydrogens (tertiary/aromatic N) is 5. The summed E-state index contributed by atoms with van der Waals surface area (Å²) in [6.45, 7) is 10.3. The Morgan fingerprint density at radius 3 is 1.45 bits per heavy atom. The number of ether oxygens (including phenoxy) is 5. The van der Waals surface area contributed by atoms with E-state index >= 15 is 0 Å². The molecule has 0 saturated carbocycles. The number of carboxylic acids is 1. The van der Waals surface area contributed by atoms with Crippen molar-refractivity contribution in [3.63, 3.8) is 0 Å². The fourth-order valence-corrected chi connectivity index (χ4v) is 7.86. The number of benzene rings is 4. The monoisotopic (exact) mass is 947 g/mol. The zero-order valence-electron chi connectivity index (χ0n) is 37.1. The fourth-order valence-electron chi connectivity index (χ4n) is 7.60. The van der Waals surface area contributed by atoms with Gasteiger partial charge in [0, 0.05) is 101 Å². The van der Waals surface area contributed by atoms with Crippen molar-refractivity contribution < 1.29 is 52.8 Å². The number of esters is 2. The highest BCUT2D eigenvalue weighted by Gasteiger charge is 2.24. The molecule has 7 rings (SSSR count). The summed E-state index contributed by atoms with van der Waals surface area (Å²) in [5.41, 5.74) is 3.61. The molecule has 3 aliphatic rings. The van der Waals surface area contributed by atoms with Gasteiger partial charge in [0.05, 0.1) is 44.1 Å². The van der Waals surface area contributed by atoms with Gasteiger partial charge >= 0.3 is 17.9 Å². The highest BCUT2D eigenvalue weighted by molar-refractivity contribution is 6.30. The lowest BCUT2D eigenvalue weighted by atomic mass is 10.1. The molecule has 2 amide bonds. The zero-order chi connectivity index (χ0) is 47.0. The van der Waals surface area contributed by atoms with Gasteiger partial charge in [-0.05, 0) is 71.8 Å². The van der Waals surface area contributed by atoms with Crippen molar-refractivity contribution in [2.75, 3.05) is 106 Å². The molecular formula is C48H55Cl2N5O11. The van der Waals surface area contributed by atoms with E-state index in [0.29, 0.717) is 56.7 Å². The zero-order valence-corrected chi connectivity index (χ0v) is 38.6. The van der Waals surface area contributed by atoms with E-state index in [9.17, 15) is 29.1 Å². The summed E-state index contributed by atoms with van der Waals surface area (Å²) in [4.78, 5) is 70.9. The molecule has 1 N–H and O–H groups in total. The van der Waals surface area contributed by atoms with Gasteiger partial charge in [0.1, 0.15) is 11.5 Å². The normalized spacial score (nSPS) is 15.8. The summed E-state index contributed by atoms with van der Waals surface area (Å²) in [5.74, 6) is -1.70. The number of carbonyl (C=O) groups is 5. The predicted molar refractivity (Wildman–Crippen MR) is 246 cm³/mol. The Hall–Kier alpha value is -5.75. The Labute approximate surface area is 394 Å². The van der Waals surface area contributed by atoms with Crippen LogP contribution in [-0.4, -0.2) is 165 Å². The van der Waals surface area contributed by atoms with Crippen LogP contribution in [0.2, 0.25) is 10.0 Å². The van der Waals surface area contributed by atoms with Crippen LogP contribution in [0.1, 0.15) is 47.8 Å². The van der Waals surface area contributed by atoms with E-state index in [1.165, 1.54) is 49.6 Å². The molecule has 16 nitrogen and oxygen atoms in total. The van der Waals surface area contributed by atoms with Gasteiger partial charge in [0.25, 0.3) is 11.8 Å². The van der Waals surface area contributed by atoms with Crippen LogP contribution < -0.4 is 9.47 Å². The van der Waals surface area contributed by atoms with Crippen molar-refractivity contribution in [1.29, 1.82) is 0 Å². The predicted octanol–water partition coefficient (Wildman–Crippen LogP) is 5.23. The topological polar surface area (TPSA) is 168 Å². The van der Waals surface area contributed by atoms with Crippen molar-refractivity contribution in [3.05, 3.63) is 128 Å². The van der Waals surface area contributed by atoms with Crippen molar-refractivity contribution in [2.24, 2.45) is 0 Å². The average molecular weight is 949 g/mol. The van der Waals surface area contributed by atoms with Crippen molar-refractivity contribution in [2.45, 2.75) is 19.6 Å². The van der Waals surface area contributed by atoms with Gasteiger partial charge in [-0.1, -0.05) is 47.5 Å². The van der Waals surface area contributed by atoms with Gasteiger partial charge in [0.2, 0.25) is 0 Å². The third-order valence-corrected chi connectivity index (χ3v) is 11.9. The summed E-state index contributed by atoms with van der Waals surface area (Å²) in [6, 6.07) is 24.6. The van der Waals surface area contributed by atoms with Crippen LogP contribution in [0.15, 0.2) is 84.9 Å². The fraction of sp³-hybridized carbons (Fsp3) is 0.396. The molecule has 3 fully saturated rings. The number of hydrogen-bond acceptors (Lipinski definition) is 13. The molecule has 0 spiro atoms. The first kappa shape index (κ1) is 49.7. The van der Waals surface area contributed by atoms with Gasteiger partial charge in [-0.15, -0.1) is 0 Å². The SMILES string of the molecule is COC(=O)c1cc(OCC(=O)N2CCN(Cc3ccc(Cl)cc3)CC2)cc(C(=O)OC)c1.O=C(O)c1ccc(OCC(=O)N2CCN(Cc3ccc(Cl)cc3)CC2)c(CN2CCOCC2)c1. The highest BCUT2D eigenvalue weighted by Crippen LogP contribution is 2.24. The maximum Gasteiger partial charge on any atom is 0.338 e. The molecule has 3 aliphatic heterocycles. The number of rotatable bonds is 15. The second-order valence-corrected chi connectivity index (χ2v) is 16.8. The molecule has 0 bridgehead atoms.